The molecular formula is C24H26N2O6S. The lowest BCUT2D eigenvalue weighted by molar-refractivity contribution is -0.145. The number of nitrogens with zero attached hydrogens (tertiary/aromatic N) is 2. The van der Waals surface area contributed by atoms with Gasteiger partial charge in [-0.2, -0.15) is 0 Å². The minimum atomic E-state index is -0.458. The summed E-state index contributed by atoms with van der Waals surface area (Å²) in [6, 6.07) is 14.7. The highest BCUT2D eigenvalue weighted by Crippen LogP contribution is 2.35. The fourth-order valence-electron chi connectivity index (χ4n) is 2.97. The summed E-state index contributed by atoms with van der Waals surface area (Å²) in [6.07, 6.45) is 1.78. The number of rotatable bonds is 10. The molecule has 2 aromatic carbocycles. The van der Waals surface area contributed by atoms with Gasteiger partial charge in [0.25, 0.3) is 5.91 Å². The third-order valence-electron chi connectivity index (χ3n) is 4.52. The van der Waals surface area contributed by atoms with Gasteiger partial charge in [0.15, 0.2) is 23.3 Å². The molecule has 9 heteroatoms. The van der Waals surface area contributed by atoms with Gasteiger partial charge in [-0.1, -0.05) is 24.3 Å². The van der Waals surface area contributed by atoms with Crippen LogP contribution >= 0.6 is 11.8 Å². The largest absolute Gasteiger partial charge is 0.493 e. The van der Waals surface area contributed by atoms with Gasteiger partial charge in [0.05, 0.1) is 37.5 Å². The van der Waals surface area contributed by atoms with Crippen molar-refractivity contribution in [3.8, 4) is 11.5 Å². The number of para-hydroxylation sites is 1. The average Bonchev–Trinajstić information content (AvgIpc) is 3.11. The number of methoxy groups -OCH3 is 2. The Labute approximate surface area is 197 Å². The number of amides is 1. The van der Waals surface area contributed by atoms with Gasteiger partial charge in [0.2, 0.25) is 0 Å². The SMILES string of the molecule is CCOC(=O)COc1ccc(/C=C2/SC(=Nc3ccccc3)N(CCOC)C2=O)cc1OC. The molecule has 0 bridgehead atoms. The number of thioether (sulfide) groups is 1. The number of carbonyl (C=O) groups is 2. The van der Waals surface area contributed by atoms with E-state index in [1.807, 2.05) is 30.3 Å². The predicted molar refractivity (Wildman–Crippen MR) is 128 cm³/mol. The molecule has 0 spiro atoms. The van der Waals surface area contributed by atoms with E-state index in [0.29, 0.717) is 34.7 Å². The van der Waals surface area contributed by atoms with Crippen molar-refractivity contribution in [3.63, 3.8) is 0 Å². The Balaban J connectivity index is 1.83. The minimum absolute atomic E-state index is 0.145. The number of ether oxygens (including phenoxy) is 4. The maximum absolute atomic E-state index is 13.1. The summed E-state index contributed by atoms with van der Waals surface area (Å²) in [6.45, 7) is 2.60. The molecule has 8 nitrogen and oxygen atoms in total. The van der Waals surface area contributed by atoms with Crippen molar-refractivity contribution >= 4 is 40.6 Å². The normalized spacial score (nSPS) is 15.8. The second-order valence-electron chi connectivity index (χ2n) is 6.79. The van der Waals surface area contributed by atoms with Crippen molar-refractivity contribution in [3.05, 3.63) is 59.0 Å². The topological polar surface area (TPSA) is 86.7 Å². The first-order chi connectivity index (χ1) is 16.0. The summed E-state index contributed by atoms with van der Waals surface area (Å²) in [5.74, 6) is 0.248. The van der Waals surface area contributed by atoms with Gasteiger partial charge >= 0.3 is 5.97 Å². The number of esters is 1. The zero-order valence-corrected chi connectivity index (χ0v) is 19.6. The van der Waals surface area contributed by atoms with Gasteiger partial charge in [-0.25, -0.2) is 9.79 Å². The molecule has 1 amide bonds. The summed E-state index contributed by atoms with van der Waals surface area (Å²) >= 11 is 1.30. The van der Waals surface area contributed by atoms with Crippen LogP contribution in [-0.4, -0.2) is 62.5 Å². The van der Waals surface area contributed by atoms with Crippen molar-refractivity contribution < 1.29 is 28.5 Å². The first-order valence-corrected chi connectivity index (χ1v) is 11.2. The van der Waals surface area contributed by atoms with Crippen LogP contribution in [0.4, 0.5) is 5.69 Å². The molecule has 0 atom stereocenters. The lowest BCUT2D eigenvalue weighted by atomic mass is 10.2. The van der Waals surface area contributed by atoms with Crippen LogP contribution in [0.5, 0.6) is 11.5 Å². The van der Waals surface area contributed by atoms with Crippen LogP contribution in [0.1, 0.15) is 12.5 Å². The molecule has 2 aromatic rings. The number of aliphatic imine (C=N–C) groups is 1. The average molecular weight is 471 g/mol. The molecule has 1 aliphatic rings. The molecule has 0 aromatic heterocycles. The monoisotopic (exact) mass is 470 g/mol. The van der Waals surface area contributed by atoms with Gasteiger partial charge in [0, 0.05) is 7.11 Å². The highest BCUT2D eigenvalue weighted by Gasteiger charge is 2.33. The molecule has 0 aliphatic carbocycles. The summed E-state index contributed by atoms with van der Waals surface area (Å²) in [5, 5.41) is 0.593. The minimum Gasteiger partial charge on any atom is -0.493 e. The number of benzene rings is 2. The van der Waals surface area contributed by atoms with E-state index in [2.05, 4.69) is 4.99 Å². The van der Waals surface area contributed by atoms with E-state index in [1.165, 1.54) is 18.9 Å². The second kappa shape index (κ2) is 12.1. The Hall–Kier alpha value is -3.30. The van der Waals surface area contributed by atoms with Gasteiger partial charge in [0.1, 0.15) is 0 Å². The third-order valence-corrected chi connectivity index (χ3v) is 5.53. The van der Waals surface area contributed by atoms with Crippen molar-refractivity contribution in [2.45, 2.75) is 6.92 Å². The third kappa shape index (κ3) is 6.59. The fraction of sp³-hybridized carbons (Fsp3) is 0.292. The van der Waals surface area contributed by atoms with Gasteiger partial charge in [-0.05, 0) is 54.6 Å². The molecule has 0 saturated carbocycles. The lowest BCUT2D eigenvalue weighted by Crippen LogP contribution is -2.32. The fourth-order valence-corrected chi connectivity index (χ4v) is 3.99. The lowest BCUT2D eigenvalue weighted by Gasteiger charge is -2.14. The standard InChI is InChI=1S/C24H26N2O6S/c1-4-31-22(27)16-32-19-11-10-17(14-20(19)30-3)15-21-23(28)26(12-13-29-2)24(33-21)25-18-8-6-5-7-9-18/h5-11,14-15H,4,12-13,16H2,1-3H3/b21-15+,25-24?. The maximum atomic E-state index is 13.1. The number of hydrogen-bond acceptors (Lipinski definition) is 8. The van der Waals surface area contributed by atoms with Crippen LogP contribution in [0, 0.1) is 0 Å². The van der Waals surface area contributed by atoms with Gasteiger partial charge < -0.3 is 18.9 Å². The summed E-state index contributed by atoms with van der Waals surface area (Å²) < 4.78 is 20.9. The maximum Gasteiger partial charge on any atom is 0.344 e. The zero-order valence-electron chi connectivity index (χ0n) is 18.8. The Morgan fingerprint density at radius 3 is 2.61 bits per heavy atom. The highest BCUT2D eigenvalue weighted by atomic mass is 32.2. The van der Waals surface area contributed by atoms with E-state index in [4.69, 9.17) is 18.9 Å². The molecule has 1 aliphatic heterocycles. The molecule has 0 radical (unpaired) electrons. The molecule has 33 heavy (non-hydrogen) atoms. The summed E-state index contributed by atoms with van der Waals surface area (Å²) in [4.78, 5) is 31.4. The van der Waals surface area contributed by atoms with Crippen molar-refractivity contribution in [1.82, 2.24) is 4.90 Å². The zero-order chi connectivity index (χ0) is 23.6. The molecule has 174 valence electrons. The van der Waals surface area contributed by atoms with E-state index in [-0.39, 0.29) is 19.1 Å². The first kappa shape index (κ1) is 24.3. The van der Waals surface area contributed by atoms with Crippen LogP contribution in [0.15, 0.2) is 58.4 Å². The van der Waals surface area contributed by atoms with Crippen molar-refractivity contribution in [2.75, 3.05) is 40.6 Å². The molecular weight excluding hydrogens is 444 g/mol. The highest BCUT2D eigenvalue weighted by molar-refractivity contribution is 8.18. The summed E-state index contributed by atoms with van der Waals surface area (Å²) in [5.41, 5.74) is 1.51. The van der Waals surface area contributed by atoms with Gasteiger partial charge in [-0.3, -0.25) is 9.69 Å². The van der Waals surface area contributed by atoms with E-state index in [1.54, 1.807) is 43.2 Å². The predicted octanol–water partition coefficient (Wildman–Crippen LogP) is 3.89. The van der Waals surface area contributed by atoms with Crippen LogP contribution < -0.4 is 9.47 Å². The van der Waals surface area contributed by atoms with E-state index >= 15 is 0 Å². The Morgan fingerprint density at radius 2 is 1.91 bits per heavy atom. The van der Waals surface area contributed by atoms with Crippen LogP contribution in [-0.2, 0) is 19.1 Å². The molecule has 3 rings (SSSR count). The van der Waals surface area contributed by atoms with Crippen LogP contribution in [0.25, 0.3) is 6.08 Å². The molecule has 1 saturated heterocycles. The second-order valence-corrected chi connectivity index (χ2v) is 7.80. The molecule has 0 N–H and O–H groups in total. The van der Waals surface area contributed by atoms with E-state index < -0.39 is 5.97 Å². The Bertz CT molecular complexity index is 1040. The van der Waals surface area contributed by atoms with Crippen molar-refractivity contribution in [1.29, 1.82) is 0 Å². The smallest absolute Gasteiger partial charge is 0.344 e. The number of amidine groups is 1. The van der Waals surface area contributed by atoms with Crippen molar-refractivity contribution in [2.24, 2.45) is 4.99 Å². The molecule has 1 fully saturated rings. The molecule has 1 heterocycles. The van der Waals surface area contributed by atoms with Gasteiger partial charge in [-0.15, -0.1) is 0 Å². The van der Waals surface area contributed by atoms with Crippen LogP contribution in [0.3, 0.4) is 0 Å². The van der Waals surface area contributed by atoms with E-state index in [9.17, 15) is 9.59 Å². The first-order valence-electron chi connectivity index (χ1n) is 10.4. The summed E-state index contributed by atoms with van der Waals surface area (Å²) in [7, 11) is 3.10. The number of carbonyl (C=O) groups excluding carboxylic acids is 2. The molecule has 0 unspecified atom stereocenters. The van der Waals surface area contributed by atoms with E-state index in [0.717, 1.165) is 11.3 Å². The van der Waals surface area contributed by atoms with Crippen LogP contribution in [0.2, 0.25) is 0 Å². The quantitative estimate of drug-likeness (QED) is 0.385. The Morgan fingerprint density at radius 1 is 1.12 bits per heavy atom. The number of hydrogen-bond donors (Lipinski definition) is 0. The Kier molecular flexibility index (Phi) is 8.91.